The number of aliphatic imine (C=N–C) groups is 1. The van der Waals surface area contributed by atoms with Crippen molar-refractivity contribution in [1.82, 2.24) is 10.6 Å². The maximum absolute atomic E-state index is 5.57. The predicted octanol–water partition coefficient (Wildman–Crippen LogP) is 2.40. The van der Waals surface area contributed by atoms with Gasteiger partial charge in [0.25, 0.3) is 0 Å². The molecule has 1 aliphatic carbocycles. The monoisotopic (exact) mass is 437 g/mol. The quantitative estimate of drug-likeness (QED) is 0.241. The molecule has 0 amide bonds. The van der Waals surface area contributed by atoms with Gasteiger partial charge in [0.05, 0.1) is 12.9 Å². The normalized spacial score (nSPS) is 14.4. The average molecular weight is 437 g/mol. The molecule has 0 aromatic carbocycles. The Morgan fingerprint density at radius 1 is 1.26 bits per heavy atom. The number of guanidine groups is 1. The lowest BCUT2D eigenvalue weighted by Crippen LogP contribution is -2.39. The van der Waals surface area contributed by atoms with E-state index in [1.807, 2.05) is 12.1 Å². The predicted molar refractivity (Wildman–Crippen MR) is 101 cm³/mol. The highest BCUT2D eigenvalue weighted by Gasteiger charge is 2.20. The Morgan fingerprint density at radius 2 is 2.09 bits per heavy atom. The van der Waals surface area contributed by atoms with E-state index in [1.54, 1.807) is 13.3 Å². The van der Waals surface area contributed by atoms with Gasteiger partial charge < -0.3 is 24.5 Å². The molecular weight excluding hydrogens is 409 g/mol. The number of hydrogen-bond acceptors (Lipinski definition) is 4. The first kappa shape index (κ1) is 20.2. The van der Waals surface area contributed by atoms with E-state index < -0.39 is 0 Å². The van der Waals surface area contributed by atoms with Crippen molar-refractivity contribution in [1.29, 1.82) is 0 Å². The third-order valence-corrected chi connectivity index (χ3v) is 3.40. The van der Waals surface area contributed by atoms with Crippen LogP contribution in [0, 0.1) is 5.92 Å². The Labute approximate surface area is 155 Å². The molecule has 1 aliphatic rings. The van der Waals surface area contributed by atoms with Crippen molar-refractivity contribution in [3.63, 3.8) is 0 Å². The third-order valence-electron chi connectivity index (χ3n) is 3.40. The first-order valence-corrected chi connectivity index (χ1v) is 8.01. The second-order valence-corrected chi connectivity index (χ2v) is 5.43. The molecule has 1 aromatic rings. The minimum absolute atomic E-state index is 0. The van der Waals surface area contributed by atoms with E-state index in [-0.39, 0.29) is 24.0 Å². The lowest BCUT2D eigenvalue weighted by atomic mass is 10.4. The Kier molecular flexibility index (Phi) is 11.1. The highest BCUT2D eigenvalue weighted by molar-refractivity contribution is 14.0. The summed E-state index contributed by atoms with van der Waals surface area (Å²) in [5.74, 6) is 2.48. The van der Waals surface area contributed by atoms with Crippen molar-refractivity contribution < 1.29 is 13.9 Å². The number of nitrogens with zero attached hydrogens (tertiary/aromatic N) is 1. The van der Waals surface area contributed by atoms with E-state index in [0.717, 1.165) is 50.4 Å². The van der Waals surface area contributed by atoms with Crippen LogP contribution in [0.25, 0.3) is 0 Å². The van der Waals surface area contributed by atoms with Crippen molar-refractivity contribution in [2.75, 3.05) is 40.0 Å². The van der Waals surface area contributed by atoms with Gasteiger partial charge in [-0.25, -0.2) is 0 Å². The summed E-state index contributed by atoms with van der Waals surface area (Å²) in [7, 11) is 1.77. The fourth-order valence-electron chi connectivity index (χ4n) is 1.95. The highest BCUT2D eigenvalue weighted by Crippen LogP contribution is 2.28. The van der Waals surface area contributed by atoms with Gasteiger partial charge >= 0.3 is 0 Å². The standard InChI is InChI=1S/C16H27N3O3.HI/c1-17-16(19-8-11-21-12-14-5-6-14)18-7-3-9-20-13-15-4-2-10-22-15;/h2,4,10,14H,3,5-9,11-13H2,1H3,(H2,17,18,19);1H. The summed E-state index contributed by atoms with van der Waals surface area (Å²) in [6, 6.07) is 3.78. The fraction of sp³-hybridized carbons (Fsp3) is 0.688. The van der Waals surface area contributed by atoms with E-state index >= 15 is 0 Å². The van der Waals surface area contributed by atoms with E-state index in [1.165, 1.54) is 12.8 Å². The zero-order chi connectivity index (χ0) is 15.5. The van der Waals surface area contributed by atoms with Gasteiger partial charge in [0, 0.05) is 33.4 Å². The fourth-order valence-corrected chi connectivity index (χ4v) is 1.95. The van der Waals surface area contributed by atoms with Crippen LogP contribution in [-0.2, 0) is 16.1 Å². The lowest BCUT2D eigenvalue weighted by Gasteiger charge is -2.12. The van der Waals surface area contributed by atoms with Gasteiger partial charge in [-0.15, -0.1) is 24.0 Å². The number of hydrogen-bond donors (Lipinski definition) is 2. The first-order chi connectivity index (χ1) is 10.9. The number of nitrogens with one attached hydrogen (secondary N) is 2. The molecule has 0 saturated heterocycles. The van der Waals surface area contributed by atoms with Gasteiger partial charge in [-0.3, -0.25) is 4.99 Å². The molecule has 0 aliphatic heterocycles. The summed E-state index contributed by atoms with van der Waals surface area (Å²) in [5, 5.41) is 6.49. The van der Waals surface area contributed by atoms with Gasteiger partial charge in [-0.1, -0.05) is 0 Å². The summed E-state index contributed by atoms with van der Waals surface area (Å²) in [6.45, 7) is 4.44. The molecule has 0 bridgehead atoms. The van der Waals surface area contributed by atoms with E-state index in [4.69, 9.17) is 13.9 Å². The summed E-state index contributed by atoms with van der Waals surface area (Å²) in [6.07, 6.45) is 5.24. The molecular formula is C16H28IN3O3. The molecule has 0 unspecified atom stereocenters. The zero-order valence-corrected chi connectivity index (χ0v) is 16.1. The molecule has 1 saturated carbocycles. The van der Waals surface area contributed by atoms with Gasteiger partial charge in [-0.05, 0) is 37.3 Å². The van der Waals surface area contributed by atoms with Gasteiger partial charge in [0.15, 0.2) is 5.96 Å². The molecule has 6 nitrogen and oxygen atoms in total. The number of furan rings is 1. The Bertz CT molecular complexity index is 422. The van der Waals surface area contributed by atoms with Crippen LogP contribution in [-0.4, -0.2) is 45.9 Å². The molecule has 0 spiro atoms. The topological polar surface area (TPSA) is 68.0 Å². The summed E-state index contributed by atoms with van der Waals surface area (Å²) in [4.78, 5) is 4.17. The Hall–Kier alpha value is -0.800. The molecule has 2 N–H and O–H groups in total. The van der Waals surface area contributed by atoms with Crippen LogP contribution < -0.4 is 10.6 Å². The van der Waals surface area contributed by atoms with Crippen molar-refractivity contribution in [2.24, 2.45) is 10.9 Å². The van der Waals surface area contributed by atoms with Crippen molar-refractivity contribution in [3.05, 3.63) is 24.2 Å². The Morgan fingerprint density at radius 3 is 2.78 bits per heavy atom. The molecule has 1 heterocycles. The van der Waals surface area contributed by atoms with Crippen LogP contribution in [0.5, 0.6) is 0 Å². The highest BCUT2D eigenvalue weighted by atomic mass is 127. The molecule has 1 fully saturated rings. The smallest absolute Gasteiger partial charge is 0.191 e. The van der Waals surface area contributed by atoms with Crippen LogP contribution in [0.2, 0.25) is 0 Å². The maximum atomic E-state index is 5.57. The number of ether oxygens (including phenoxy) is 2. The van der Waals surface area contributed by atoms with Crippen molar-refractivity contribution >= 4 is 29.9 Å². The average Bonchev–Trinajstić information content (AvgIpc) is 3.21. The van der Waals surface area contributed by atoms with E-state index in [9.17, 15) is 0 Å². The van der Waals surface area contributed by atoms with Crippen LogP contribution >= 0.6 is 24.0 Å². The largest absolute Gasteiger partial charge is 0.467 e. The van der Waals surface area contributed by atoms with Crippen LogP contribution in [0.3, 0.4) is 0 Å². The maximum Gasteiger partial charge on any atom is 0.191 e. The molecule has 7 heteroatoms. The SMILES string of the molecule is CN=C(NCCCOCc1ccco1)NCCOCC1CC1.I. The summed E-state index contributed by atoms with van der Waals surface area (Å²) < 4.78 is 16.3. The number of rotatable bonds is 11. The van der Waals surface area contributed by atoms with E-state index in [0.29, 0.717) is 13.2 Å². The minimum Gasteiger partial charge on any atom is -0.467 e. The second-order valence-electron chi connectivity index (χ2n) is 5.43. The molecule has 132 valence electrons. The van der Waals surface area contributed by atoms with Crippen LogP contribution in [0.15, 0.2) is 27.8 Å². The molecule has 1 aromatic heterocycles. The van der Waals surface area contributed by atoms with Crippen LogP contribution in [0.1, 0.15) is 25.0 Å². The second kappa shape index (κ2) is 12.6. The summed E-state index contributed by atoms with van der Waals surface area (Å²) >= 11 is 0. The molecule has 23 heavy (non-hydrogen) atoms. The molecule has 0 atom stereocenters. The van der Waals surface area contributed by atoms with Gasteiger partial charge in [0.1, 0.15) is 12.4 Å². The van der Waals surface area contributed by atoms with Gasteiger partial charge in [-0.2, -0.15) is 0 Å². The minimum atomic E-state index is 0. The van der Waals surface area contributed by atoms with Crippen molar-refractivity contribution in [3.8, 4) is 0 Å². The van der Waals surface area contributed by atoms with E-state index in [2.05, 4.69) is 15.6 Å². The third kappa shape index (κ3) is 9.83. The van der Waals surface area contributed by atoms with Gasteiger partial charge in [0.2, 0.25) is 0 Å². The zero-order valence-electron chi connectivity index (χ0n) is 13.8. The Balaban J connectivity index is 0.00000264. The summed E-state index contributed by atoms with van der Waals surface area (Å²) in [5.41, 5.74) is 0. The first-order valence-electron chi connectivity index (χ1n) is 8.01. The molecule has 2 rings (SSSR count). The molecule has 0 radical (unpaired) electrons. The lowest BCUT2D eigenvalue weighted by molar-refractivity contribution is 0.105. The van der Waals surface area contributed by atoms with Crippen LogP contribution in [0.4, 0.5) is 0 Å². The van der Waals surface area contributed by atoms with Crippen molar-refractivity contribution in [2.45, 2.75) is 25.9 Å². The number of halogens is 1.